The van der Waals surface area contributed by atoms with E-state index in [1.165, 1.54) is 37.5 Å². The third-order valence-electron chi connectivity index (χ3n) is 5.83. The minimum atomic E-state index is -0.406. The summed E-state index contributed by atoms with van der Waals surface area (Å²) in [5, 5.41) is 3.57. The summed E-state index contributed by atoms with van der Waals surface area (Å²) in [6.07, 6.45) is 10.3. The highest BCUT2D eigenvalue weighted by Crippen LogP contribution is 2.55. The molecule has 0 heterocycles. The van der Waals surface area contributed by atoms with Gasteiger partial charge in [0, 0.05) is 17.2 Å². The fourth-order valence-electron chi connectivity index (χ4n) is 5.40. The van der Waals surface area contributed by atoms with Gasteiger partial charge < -0.3 is 5.32 Å². The van der Waals surface area contributed by atoms with E-state index in [2.05, 4.69) is 5.32 Å². The summed E-state index contributed by atoms with van der Waals surface area (Å²) in [4.78, 5) is 12.4. The normalized spacial score (nSPS) is 35.0. The summed E-state index contributed by atoms with van der Waals surface area (Å²) in [5.74, 6) is 1.81. The standard InChI is InChI=1S/C19H21ClFNO/c20-16-2-1-3-17(21)15(16)4-5-18(23)22-19-9-12-6-13(10-19)8-14(7-12)11-19/h1-5,12-14H,6-11H2,(H,22,23)/b5-4+. The van der Waals surface area contributed by atoms with Crippen LogP contribution in [0.25, 0.3) is 6.08 Å². The number of hydrogen-bond donors (Lipinski definition) is 1. The largest absolute Gasteiger partial charge is 0.347 e. The first-order chi connectivity index (χ1) is 11.0. The van der Waals surface area contributed by atoms with Crippen LogP contribution < -0.4 is 5.32 Å². The molecule has 4 aliphatic carbocycles. The van der Waals surface area contributed by atoms with E-state index in [0.29, 0.717) is 5.02 Å². The maximum absolute atomic E-state index is 13.8. The Labute approximate surface area is 141 Å². The number of halogens is 2. The van der Waals surface area contributed by atoms with E-state index >= 15 is 0 Å². The number of carbonyl (C=O) groups is 1. The molecular formula is C19H21ClFNO. The highest BCUT2D eigenvalue weighted by molar-refractivity contribution is 6.32. The van der Waals surface area contributed by atoms with E-state index < -0.39 is 5.82 Å². The lowest BCUT2D eigenvalue weighted by atomic mass is 9.53. The highest BCUT2D eigenvalue weighted by Gasteiger charge is 2.51. The van der Waals surface area contributed by atoms with Gasteiger partial charge in [-0.15, -0.1) is 0 Å². The Morgan fingerprint density at radius 3 is 2.35 bits per heavy atom. The van der Waals surface area contributed by atoms with Crippen molar-refractivity contribution in [3.63, 3.8) is 0 Å². The van der Waals surface area contributed by atoms with Gasteiger partial charge in [-0.25, -0.2) is 4.39 Å². The van der Waals surface area contributed by atoms with E-state index in [4.69, 9.17) is 11.6 Å². The predicted octanol–water partition coefficient (Wildman–Crippen LogP) is 4.58. The number of benzene rings is 1. The molecule has 0 saturated heterocycles. The van der Waals surface area contributed by atoms with Crippen molar-refractivity contribution in [3.8, 4) is 0 Å². The van der Waals surface area contributed by atoms with Gasteiger partial charge in [-0.3, -0.25) is 4.79 Å². The van der Waals surface area contributed by atoms with Crippen LogP contribution in [-0.2, 0) is 4.79 Å². The molecule has 5 rings (SSSR count). The predicted molar refractivity (Wildman–Crippen MR) is 89.5 cm³/mol. The molecule has 0 aliphatic heterocycles. The Morgan fingerprint density at radius 1 is 1.17 bits per heavy atom. The molecule has 1 N–H and O–H groups in total. The Bertz CT molecular complexity index is 614. The van der Waals surface area contributed by atoms with E-state index in [9.17, 15) is 9.18 Å². The monoisotopic (exact) mass is 333 g/mol. The van der Waals surface area contributed by atoms with Crippen molar-refractivity contribution in [2.24, 2.45) is 17.8 Å². The molecule has 1 aromatic carbocycles. The third kappa shape index (κ3) is 2.91. The lowest BCUT2D eigenvalue weighted by molar-refractivity contribution is -0.122. The topological polar surface area (TPSA) is 29.1 Å². The lowest BCUT2D eigenvalue weighted by Gasteiger charge is -2.56. The van der Waals surface area contributed by atoms with Crippen LogP contribution in [0.2, 0.25) is 5.02 Å². The van der Waals surface area contributed by atoms with Crippen molar-refractivity contribution < 1.29 is 9.18 Å². The second-order valence-electron chi connectivity index (χ2n) is 7.66. The van der Waals surface area contributed by atoms with Gasteiger partial charge in [0.25, 0.3) is 0 Å². The second-order valence-corrected chi connectivity index (χ2v) is 8.06. The fourth-order valence-corrected chi connectivity index (χ4v) is 5.62. The molecule has 0 spiro atoms. The van der Waals surface area contributed by atoms with Crippen molar-refractivity contribution >= 4 is 23.6 Å². The minimum Gasteiger partial charge on any atom is -0.347 e. The second kappa shape index (κ2) is 5.62. The van der Waals surface area contributed by atoms with Crippen LogP contribution in [0.5, 0.6) is 0 Å². The molecule has 4 saturated carbocycles. The molecule has 1 aromatic rings. The molecule has 0 atom stereocenters. The van der Waals surface area contributed by atoms with E-state index in [0.717, 1.165) is 37.0 Å². The van der Waals surface area contributed by atoms with E-state index in [-0.39, 0.29) is 17.0 Å². The zero-order valence-electron chi connectivity index (χ0n) is 13.0. The van der Waals surface area contributed by atoms with Crippen LogP contribution in [0.4, 0.5) is 4.39 Å². The molecule has 23 heavy (non-hydrogen) atoms. The molecule has 4 aliphatic rings. The number of rotatable bonds is 3. The minimum absolute atomic E-state index is 0.0187. The Morgan fingerprint density at radius 2 is 1.78 bits per heavy atom. The maximum Gasteiger partial charge on any atom is 0.244 e. The van der Waals surface area contributed by atoms with Crippen molar-refractivity contribution in [2.75, 3.05) is 0 Å². The molecule has 2 nitrogen and oxygen atoms in total. The molecule has 122 valence electrons. The lowest BCUT2D eigenvalue weighted by Crippen LogP contribution is -2.59. The summed E-state index contributed by atoms with van der Waals surface area (Å²) in [5.41, 5.74) is 0.254. The first kappa shape index (κ1) is 15.2. The van der Waals surface area contributed by atoms with Gasteiger partial charge in [0.1, 0.15) is 5.82 Å². The van der Waals surface area contributed by atoms with Gasteiger partial charge >= 0.3 is 0 Å². The Balaban J connectivity index is 1.47. The van der Waals surface area contributed by atoms with Crippen LogP contribution in [0.3, 0.4) is 0 Å². The van der Waals surface area contributed by atoms with Gasteiger partial charge in [0.15, 0.2) is 0 Å². The van der Waals surface area contributed by atoms with Crippen molar-refractivity contribution in [1.82, 2.24) is 5.32 Å². The summed E-state index contributed by atoms with van der Waals surface area (Å²) in [6, 6.07) is 4.54. The summed E-state index contributed by atoms with van der Waals surface area (Å²) >= 11 is 5.99. The quantitative estimate of drug-likeness (QED) is 0.806. The molecule has 4 bridgehead atoms. The van der Waals surface area contributed by atoms with Crippen LogP contribution in [0.1, 0.15) is 44.1 Å². The number of carbonyl (C=O) groups excluding carboxylic acids is 1. The third-order valence-corrected chi connectivity index (χ3v) is 6.16. The van der Waals surface area contributed by atoms with Crippen molar-refractivity contribution in [3.05, 3.63) is 40.7 Å². The van der Waals surface area contributed by atoms with Crippen LogP contribution in [-0.4, -0.2) is 11.4 Å². The molecule has 4 fully saturated rings. The summed E-state index contributed by atoms with van der Waals surface area (Å²) in [6.45, 7) is 0. The zero-order chi connectivity index (χ0) is 16.0. The molecular weight excluding hydrogens is 313 g/mol. The number of nitrogens with one attached hydrogen (secondary N) is 1. The number of hydrogen-bond acceptors (Lipinski definition) is 1. The van der Waals surface area contributed by atoms with Crippen molar-refractivity contribution in [1.29, 1.82) is 0 Å². The highest BCUT2D eigenvalue weighted by atomic mass is 35.5. The Hall–Kier alpha value is -1.35. The summed E-state index contributed by atoms with van der Waals surface area (Å²) in [7, 11) is 0. The SMILES string of the molecule is O=C(/C=C/c1c(F)cccc1Cl)NC12CC3CC(CC(C3)C1)C2. The van der Waals surface area contributed by atoms with Gasteiger partial charge in [0.05, 0.1) is 5.02 Å². The van der Waals surface area contributed by atoms with Crippen LogP contribution >= 0.6 is 11.6 Å². The molecule has 0 radical (unpaired) electrons. The fraction of sp³-hybridized carbons (Fsp3) is 0.526. The van der Waals surface area contributed by atoms with E-state index in [1.54, 1.807) is 12.1 Å². The summed E-state index contributed by atoms with van der Waals surface area (Å²) < 4.78 is 13.8. The first-order valence-corrected chi connectivity index (χ1v) is 8.85. The van der Waals surface area contributed by atoms with Gasteiger partial charge in [-0.05, 0) is 74.5 Å². The Kier molecular flexibility index (Phi) is 3.72. The molecule has 4 heteroatoms. The maximum atomic E-state index is 13.8. The van der Waals surface area contributed by atoms with Gasteiger partial charge in [0.2, 0.25) is 5.91 Å². The average molecular weight is 334 g/mol. The number of amides is 1. The molecule has 0 aromatic heterocycles. The first-order valence-electron chi connectivity index (χ1n) is 8.47. The zero-order valence-corrected chi connectivity index (χ0v) is 13.8. The van der Waals surface area contributed by atoms with Crippen molar-refractivity contribution in [2.45, 2.75) is 44.1 Å². The average Bonchev–Trinajstić information content (AvgIpc) is 2.44. The van der Waals surface area contributed by atoms with E-state index in [1.807, 2.05) is 0 Å². The smallest absolute Gasteiger partial charge is 0.244 e. The molecule has 1 amide bonds. The van der Waals surface area contributed by atoms with Gasteiger partial charge in [-0.2, -0.15) is 0 Å². The van der Waals surface area contributed by atoms with Gasteiger partial charge in [-0.1, -0.05) is 17.7 Å². The molecule has 0 unspecified atom stereocenters. The van der Waals surface area contributed by atoms with Crippen LogP contribution in [0, 0.1) is 23.6 Å². The van der Waals surface area contributed by atoms with Crippen LogP contribution in [0.15, 0.2) is 24.3 Å².